The van der Waals surface area contributed by atoms with E-state index in [9.17, 15) is 4.79 Å². The predicted octanol–water partition coefficient (Wildman–Crippen LogP) is 5.14. The number of hydrogen-bond donors (Lipinski definition) is 1. The van der Waals surface area contributed by atoms with Crippen LogP contribution in [0.1, 0.15) is 55.0 Å². The first-order chi connectivity index (χ1) is 15.1. The summed E-state index contributed by atoms with van der Waals surface area (Å²) in [6.07, 6.45) is 6.34. The molecule has 0 saturated carbocycles. The quantitative estimate of drug-likeness (QED) is 0.622. The van der Waals surface area contributed by atoms with Crippen LogP contribution >= 0.6 is 0 Å². The largest absolute Gasteiger partial charge is 0.490 e. The summed E-state index contributed by atoms with van der Waals surface area (Å²) < 4.78 is 17.4. The number of carbonyl (C=O) groups is 1. The van der Waals surface area contributed by atoms with Crippen molar-refractivity contribution in [2.75, 3.05) is 13.2 Å². The van der Waals surface area contributed by atoms with Gasteiger partial charge in [0.2, 0.25) is 5.91 Å². The van der Waals surface area contributed by atoms with Crippen molar-refractivity contribution in [2.45, 2.75) is 52.0 Å². The van der Waals surface area contributed by atoms with Crippen molar-refractivity contribution < 1.29 is 18.7 Å². The van der Waals surface area contributed by atoms with Gasteiger partial charge in [0.1, 0.15) is 5.58 Å². The fourth-order valence-electron chi connectivity index (χ4n) is 4.69. The van der Waals surface area contributed by atoms with E-state index < -0.39 is 0 Å². The number of ether oxygens (including phenoxy) is 2. The van der Waals surface area contributed by atoms with Gasteiger partial charge < -0.3 is 19.2 Å². The highest BCUT2D eigenvalue weighted by Crippen LogP contribution is 2.34. The number of fused-ring (bicyclic) bond motifs is 3. The molecular formula is C26H29NO4. The van der Waals surface area contributed by atoms with E-state index in [4.69, 9.17) is 13.9 Å². The van der Waals surface area contributed by atoms with Crippen molar-refractivity contribution >= 4 is 16.9 Å². The summed E-state index contributed by atoms with van der Waals surface area (Å²) >= 11 is 0. The summed E-state index contributed by atoms with van der Waals surface area (Å²) in [6, 6.07) is 10.2. The lowest BCUT2D eigenvalue weighted by molar-refractivity contribution is -0.121. The Hall–Kier alpha value is -2.95. The minimum absolute atomic E-state index is 0.00555. The first-order valence-electron chi connectivity index (χ1n) is 11.3. The van der Waals surface area contributed by atoms with E-state index in [1.807, 2.05) is 18.2 Å². The first kappa shape index (κ1) is 20.0. The molecule has 1 aliphatic heterocycles. The minimum atomic E-state index is -0.105. The zero-order chi connectivity index (χ0) is 21.4. The van der Waals surface area contributed by atoms with Crippen molar-refractivity contribution in [2.24, 2.45) is 5.92 Å². The molecule has 5 rings (SSSR count). The molecule has 1 aliphatic carbocycles. The van der Waals surface area contributed by atoms with Gasteiger partial charge in [0.15, 0.2) is 11.5 Å². The van der Waals surface area contributed by atoms with Gasteiger partial charge in [0.05, 0.1) is 31.9 Å². The standard InChI is InChI=1S/C26H29NO4/c1-16(2)26(19-7-8-22-24(13-19)30-10-4-9-29-22)27-25(28)14-20-15-31-23-12-18-6-3-5-17(18)11-21(20)23/h7-8,11-13,15-16,26H,3-6,9-10,14H2,1-2H3,(H,27,28). The lowest BCUT2D eigenvalue weighted by atomic mass is 9.95. The SMILES string of the molecule is CC(C)C(NC(=O)Cc1coc2cc3c(cc12)CCC3)c1ccc2c(c1)OCCCO2. The maximum Gasteiger partial charge on any atom is 0.225 e. The molecule has 5 nitrogen and oxygen atoms in total. The molecule has 0 bridgehead atoms. The fraction of sp³-hybridized carbons (Fsp3) is 0.423. The average Bonchev–Trinajstić information content (AvgIpc) is 3.29. The van der Waals surface area contributed by atoms with Crippen molar-refractivity contribution in [3.8, 4) is 11.5 Å². The monoisotopic (exact) mass is 419 g/mol. The Kier molecular flexibility index (Phi) is 5.34. The number of hydrogen-bond acceptors (Lipinski definition) is 4. The second-order valence-corrected chi connectivity index (χ2v) is 8.95. The fourth-order valence-corrected chi connectivity index (χ4v) is 4.69. The van der Waals surface area contributed by atoms with E-state index >= 15 is 0 Å². The lowest BCUT2D eigenvalue weighted by Crippen LogP contribution is -2.32. The zero-order valence-electron chi connectivity index (χ0n) is 18.2. The Morgan fingerprint density at radius 3 is 2.58 bits per heavy atom. The van der Waals surface area contributed by atoms with Crippen LogP contribution in [-0.2, 0) is 24.1 Å². The van der Waals surface area contributed by atoms with Crippen LogP contribution in [0.15, 0.2) is 41.0 Å². The molecule has 0 saturated heterocycles. The van der Waals surface area contributed by atoms with Crippen molar-refractivity contribution in [1.29, 1.82) is 0 Å². The van der Waals surface area contributed by atoms with Crippen molar-refractivity contribution in [1.82, 2.24) is 5.32 Å². The van der Waals surface area contributed by atoms with Crippen LogP contribution in [0.4, 0.5) is 0 Å². The lowest BCUT2D eigenvalue weighted by Gasteiger charge is -2.24. The van der Waals surface area contributed by atoms with E-state index in [1.54, 1.807) is 6.26 Å². The van der Waals surface area contributed by atoms with Gasteiger partial charge in [-0.1, -0.05) is 19.9 Å². The number of aryl methyl sites for hydroxylation is 2. The van der Waals surface area contributed by atoms with E-state index in [1.165, 1.54) is 17.5 Å². The van der Waals surface area contributed by atoms with E-state index in [0.717, 1.165) is 52.9 Å². The Bertz CT molecular complexity index is 1110. The Morgan fingerprint density at radius 1 is 1.00 bits per heavy atom. The number of amides is 1. The number of furan rings is 1. The summed E-state index contributed by atoms with van der Waals surface area (Å²) in [5.74, 6) is 1.75. The summed E-state index contributed by atoms with van der Waals surface area (Å²) in [5.41, 5.74) is 5.63. The molecule has 1 unspecified atom stereocenters. The highest BCUT2D eigenvalue weighted by molar-refractivity contribution is 5.88. The van der Waals surface area contributed by atoms with E-state index in [2.05, 4.69) is 31.3 Å². The van der Waals surface area contributed by atoms with Gasteiger partial charge in [-0.25, -0.2) is 0 Å². The number of nitrogens with one attached hydrogen (secondary N) is 1. The number of benzene rings is 2. The molecule has 0 spiro atoms. The van der Waals surface area contributed by atoms with Crippen LogP contribution in [0.2, 0.25) is 0 Å². The molecule has 2 aliphatic rings. The second kappa shape index (κ2) is 8.29. The third kappa shape index (κ3) is 4.01. The highest BCUT2D eigenvalue weighted by atomic mass is 16.5. The smallest absolute Gasteiger partial charge is 0.225 e. The molecule has 0 radical (unpaired) electrons. The topological polar surface area (TPSA) is 60.7 Å². The molecule has 1 amide bonds. The molecule has 2 heterocycles. The molecule has 3 aromatic rings. The molecule has 2 aromatic carbocycles. The Morgan fingerprint density at radius 2 is 1.77 bits per heavy atom. The second-order valence-electron chi connectivity index (χ2n) is 8.95. The van der Waals surface area contributed by atoms with Gasteiger partial charge in [-0.15, -0.1) is 0 Å². The Balaban J connectivity index is 1.35. The van der Waals surface area contributed by atoms with Crippen LogP contribution in [-0.4, -0.2) is 19.1 Å². The molecule has 5 heteroatoms. The van der Waals surface area contributed by atoms with E-state index in [-0.39, 0.29) is 17.9 Å². The Labute approximate surface area is 182 Å². The molecule has 1 aromatic heterocycles. The van der Waals surface area contributed by atoms with Gasteiger partial charge in [-0.2, -0.15) is 0 Å². The van der Waals surface area contributed by atoms with Gasteiger partial charge in [0, 0.05) is 17.4 Å². The van der Waals surface area contributed by atoms with Gasteiger partial charge in [0.25, 0.3) is 0 Å². The molecule has 162 valence electrons. The summed E-state index contributed by atoms with van der Waals surface area (Å²) in [6.45, 7) is 5.54. The summed E-state index contributed by atoms with van der Waals surface area (Å²) in [4.78, 5) is 13.0. The van der Waals surface area contributed by atoms with Crippen LogP contribution in [0.3, 0.4) is 0 Å². The van der Waals surface area contributed by atoms with Gasteiger partial charge in [-0.3, -0.25) is 4.79 Å². The molecule has 1 N–H and O–H groups in total. The van der Waals surface area contributed by atoms with Crippen molar-refractivity contribution in [3.05, 3.63) is 58.8 Å². The van der Waals surface area contributed by atoms with Gasteiger partial charge >= 0.3 is 0 Å². The normalized spacial score (nSPS) is 16.2. The van der Waals surface area contributed by atoms with Crippen LogP contribution in [0, 0.1) is 5.92 Å². The molecular weight excluding hydrogens is 390 g/mol. The molecule has 1 atom stereocenters. The zero-order valence-corrected chi connectivity index (χ0v) is 18.2. The summed E-state index contributed by atoms with van der Waals surface area (Å²) in [7, 11) is 0. The van der Waals surface area contributed by atoms with Gasteiger partial charge in [-0.05, 0) is 66.1 Å². The molecule has 0 fully saturated rings. The maximum atomic E-state index is 13.0. The van der Waals surface area contributed by atoms with Crippen LogP contribution < -0.4 is 14.8 Å². The van der Waals surface area contributed by atoms with E-state index in [0.29, 0.717) is 19.6 Å². The van der Waals surface area contributed by atoms with Crippen molar-refractivity contribution in [3.63, 3.8) is 0 Å². The number of carbonyl (C=O) groups excluding carboxylic acids is 1. The van der Waals surface area contributed by atoms with Crippen LogP contribution in [0.25, 0.3) is 11.0 Å². The third-order valence-corrected chi connectivity index (χ3v) is 6.33. The summed E-state index contributed by atoms with van der Waals surface area (Å²) in [5, 5.41) is 4.30. The first-order valence-corrected chi connectivity index (χ1v) is 11.3. The third-order valence-electron chi connectivity index (χ3n) is 6.33. The highest BCUT2D eigenvalue weighted by Gasteiger charge is 2.22. The predicted molar refractivity (Wildman–Crippen MR) is 120 cm³/mol. The van der Waals surface area contributed by atoms with Crippen LogP contribution in [0.5, 0.6) is 11.5 Å². The minimum Gasteiger partial charge on any atom is -0.490 e. The number of rotatable bonds is 5. The average molecular weight is 420 g/mol. The molecule has 31 heavy (non-hydrogen) atoms. The maximum absolute atomic E-state index is 13.0.